The minimum Gasteiger partial charge on any atom is -0.495 e. The lowest BCUT2D eigenvalue weighted by molar-refractivity contribution is -0.132. The van der Waals surface area contributed by atoms with Crippen LogP contribution in [0.25, 0.3) is 11.0 Å². The maximum Gasteiger partial charge on any atom is 0.258 e. The number of likely N-dealkylation sites (N-methyl/N-ethyl adjacent to an activating group) is 1. The second kappa shape index (κ2) is 18.8. The predicted molar refractivity (Wildman–Crippen MR) is 208 cm³/mol. The van der Waals surface area contributed by atoms with Gasteiger partial charge in [-0.3, -0.25) is 14.4 Å². The number of methoxy groups -OCH3 is 1. The molecule has 13 heteroatoms. The molecular weight excluding hydrogens is 691 g/mol. The number of fused-ring (bicyclic) bond motifs is 1. The van der Waals surface area contributed by atoms with Crippen molar-refractivity contribution in [2.45, 2.75) is 53.0 Å². The third-order valence-electron chi connectivity index (χ3n) is 9.16. The lowest BCUT2D eigenvalue weighted by atomic mass is 10.1. The first-order valence-corrected chi connectivity index (χ1v) is 17.0. The Morgan fingerprint density at radius 3 is 2.37 bits per heavy atom. The van der Waals surface area contributed by atoms with E-state index in [4.69, 9.17) is 9.47 Å². The van der Waals surface area contributed by atoms with Gasteiger partial charge in [0.2, 0.25) is 5.91 Å². The molecule has 1 saturated heterocycles. The molecule has 3 amide bonds. The number of benzene rings is 3. The number of amides is 3. The monoisotopic (exact) mass is 740 g/mol. The van der Waals surface area contributed by atoms with E-state index in [1.54, 1.807) is 36.2 Å². The zero-order valence-corrected chi connectivity index (χ0v) is 32.0. The van der Waals surface area contributed by atoms with Gasteiger partial charge in [0.15, 0.2) is 0 Å². The van der Waals surface area contributed by atoms with Crippen LogP contribution in [0.5, 0.6) is 11.5 Å². The maximum atomic E-state index is 13.7. The number of anilines is 2. The van der Waals surface area contributed by atoms with E-state index in [9.17, 15) is 14.4 Å². The van der Waals surface area contributed by atoms with Crippen molar-refractivity contribution in [1.82, 2.24) is 19.4 Å². The lowest BCUT2D eigenvalue weighted by Crippen LogP contribution is -2.47. The summed E-state index contributed by atoms with van der Waals surface area (Å²) >= 11 is 0. The van der Waals surface area contributed by atoms with E-state index < -0.39 is 0 Å². The number of unbranched alkanes of at least 4 members (excludes halogenated alkanes) is 2. The first-order chi connectivity index (χ1) is 23.6. The molecule has 5 rings (SSSR count). The smallest absolute Gasteiger partial charge is 0.258 e. The van der Waals surface area contributed by atoms with Gasteiger partial charge in [0, 0.05) is 51.8 Å². The number of carbonyl (C=O) groups is 3. The number of carbonyl (C=O) groups excluding carboxylic acids is 3. The molecule has 0 radical (unpaired) electrons. The normalized spacial score (nSPS) is 12.9. The Labute approximate surface area is 313 Å². The number of imidazole rings is 1. The minimum atomic E-state index is -0.316. The fourth-order valence-corrected chi connectivity index (χ4v) is 6.23. The highest BCUT2D eigenvalue weighted by atomic mass is 35.5. The van der Waals surface area contributed by atoms with E-state index in [0.717, 1.165) is 68.9 Å². The largest absolute Gasteiger partial charge is 0.495 e. The molecule has 0 aliphatic carbocycles. The molecule has 4 aromatic rings. The van der Waals surface area contributed by atoms with Gasteiger partial charge in [0.1, 0.15) is 22.8 Å². The molecule has 11 nitrogen and oxygen atoms in total. The van der Waals surface area contributed by atoms with E-state index >= 15 is 0 Å². The molecule has 1 aliphatic rings. The highest BCUT2D eigenvalue weighted by molar-refractivity contribution is 6.12. The van der Waals surface area contributed by atoms with E-state index in [1.807, 2.05) is 56.0 Å². The Kier molecular flexibility index (Phi) is 15.1. The quantitative estimate of drug-likeness (QED) is 0.151. The zero-order valence-electron chi connectivity index (χ0n) is 30.4. The Morgan fingerprint density at radius 1 is 0.922 bits per heavy atom. The topological polar surface area (TPSA) is 109 Å². The predicted octanol–water partition coefficient (Wildman–Crippen LogP) is 6.77. The average Bonchev–Trinajstić information content (AvgIpc) is 3.44. The van der Waals surface area contributed by atoms with Crippen molar-refractivity contribution in [2.24, 2.45) is 0 Å². The number of piperazine rings is 1. The SMILES string of the molecule is CCn1c(C)nc2c(C(=O)Nc3ccc(C(=O)N(C)c4ccc(C)cc4OCCCCCC(=O)N4CCN(C)CC4)cc3OC)cccc21.Cl.Cl. The van der Waals surface area contributed by atoms with Crippen LogP contribution in [-0.2, 0) is 11.3 Å². The van der Waals surface area contributed by atoms with Gasteiger partial charge in [-0.05, 0) is 95.1 Å². The van der Waals surface area contributed by atoms with Crippen molar-refractivity contribution < 1.29 is 23.9 Å². The molecule has 276 valence electrons. The summed E-state index contributed by atoms with van der Waals surface area (Å²) in [4.78, 5) is 50.1. The molecule has 0 atom stereocenters. The molecule has 0 spiro atoms. The number of ether oxygens (including phenoxy) is 2. The van der Waals surface area contributed by atoms with Crippen molar-refractivity contribution in [1.29, 1.82) is 0 Å². The third kappa shape index (κ3) is 9.72. The third-order valence-corrected chi connectivity index (χ3v) is 9.16. The second-order valence-corrected chi connectivity index (χ2v) is 12.6. The van der Waals surface area contributed by atoms with Gasteiger partial charge in [-0.2, -0.15) is 0 Å². The van der Waals surface area contributed by atoms with E-state index in [-0.39, 0.29) is 42.5 Å². The van der Waals surface area contributed by atoms with Gasteiger partial charge in [0.05, 0.1) is 36.2 Å². The number of nitrogens with one attached hydrogen (secondary N) is 1. The molecule has 0 unspecified atom stereocenters. The standard InChI is InChI=1S/C38H48N6O5.2ClH/c1-7-44-27(3)39-36-29(12-11-13-32(36)44)37(46)40-30-17-16-28(25-33(30)48-6)38(47)42(5)31-18-15-26(2)24-34(31)49-23-10-8-9-14-35(45)43-21-19-41(4)20-22-43;;/h11-13,15-18,24-25H,7-10,14,19-23H2,1-6H3,(H,40,46);2*1H. The maximum absolute atomic E-state index is 13.7. The molecule has 0 saturated carbocycles. The van der Waals surface area contributed by atoms with Gasteiger partial charge < -0.3 is 34.1 Å². The second-order valence-electron chi connectivity index (χ2n) is 12.6. The van der Waals surface area contributed by atoms with Crippen molar-refractivity contribution >= 4 is 64.9 Å². The summed E-state index contributed by atoms with van der Waals surface area (Å²) in [5.74, 6) is 1.49. The summed E-state index contributed by atoms with van der Waals surface area (Å²) in [6.45, 7) is 10.6. The van der Waals surface area contributed by atoms with Crippen LogP contribution in [0.4, 0.5) is 11.4 Å². The number of halogens is 2. The van der Waals surface area contributed by atoms with Crippen LogP contribution in [0.2, 0.25) is 0 Å². The van der Waals surface area contributed by atoms with Crippen LogP contribution < -0.4 is 19.7 Å². The summed E-state index contributed by atoms with van der Waals surface area (Å²) in [5.41, 5.74) is 4.50. The first-order valence-electron chi connectivity index (χ1n) is 17.0. The Bertz CT molecular complexity index is 1820. The van der Waals surface area contributed by atoms with Gasteiger partial charge in [-0.15, -0.1) is 24.8 Å². The molecule has 51 heavy (non-hydrogen) atoms. The number of aromatic nitrogens is 2. The number of para-hydroxylation sites is 1. The van der Waals surface area contributed by atoms with Crippen LogP contribution in [0.3, 0.4) is 0 Å². The van der Waals surface area contributed by atoms with Crippen molar-refractivity contribution in [3.63, 3.8) is 0 Å². The van der Waals surface area contributed by atoms with Crippen LogP contribution in [0.15, 0.2) is 54.6 Å². The number of aryl methyl sites for hydroxylation is 3. The molecule has 3 aromatic carbocycles. The molecule has 0 bridgehead atoms. The number of hydrogen-bond acceptors (Lipinski definition) is 7. The van der Waals surface area contributed by atoms with Crippen LogP contribution in [0.1, 0.15) is 64.7 Å². The zero-order chi connectivity index (χ0) is 35.1. The van der Waals surface area contributed by atoms with Gasteiger partial charge in [-0.25, -0.2) is 4.98 Å². The summed E-state index contributed by atoms with van der Waals surface area (Å²) in [5, 5.41) is 2.94. The number of nitrogens with zero attached hydrogens (tertiary/aromatic N) is 5. The number of hydrogen-bond donors (Lipinski definition) is 1. The highest BCUT2D eigenvalue weighted by Gasteiger charge is 2.22. The fourth-order valence-electron chi connectivity index (χ4n) is 6.23. The Morgan fingerprint density at radius 2 is 1.67 bits per heavy atom. The summed E-state index contributed by atoms with van der Waals surface area (Å²) in [6.07, 6.45) is 3.07. The van der Waals surface area contributed by atoms with Crippen molar-refractivity contribution in [2.75, 3.05) is 64.2 Å². The summed E-state index contributed by atoms with van der Waals surface area (Å²) < 4.78 is 13.9. The number of rotatable bonds is 13. The van der Waals surface area contributed by atoms with E-state index in [1.165, 1.54) is 7.11 Å². The van der Waals surface area contributed by atoms with Gasteiger partial charge in [0.25, 0.3) is 11.8 Å². The first kappa shape index (κ1) is 41.1. The Balaban J connectivity index is 0.00000351. The molecule has 1 fully saturated rings. The Hall–Kier alpha value is -4.32. The van der Waals surface area contributed by atoms with Gasteiger partial charge in [-0.1, -0.05) is 12.1 Å². The van der Waals surface area contributed by atoms with E-state index in [2.05, 4.69) is 26.8 Å². The lowest BCUT2D eigenvalue weighted by Gasteiger charge is -2.32. The molecule has 1 N–H and O–H groups in total. The molecular formula is C38H50Cl2N6O5. The summed E-state index contributed by atoms with van der Waals surface area (Å²) in [6, 6.07) is 16.3. The minimum absolute atomic E-state index is 0. The van der Waals surface area contributed by atoms with E-state index in [0.29, 0.717) is 52.5 Å². The fraction of sp³-hybridized carbons (Fsp3) is 0.421. The van der Waals surface area contributed by atoms with Crippen LogP contribution in [-0.4, -0.2) is 91.1 Å². The van der Waals surface area contributed by atoms with Gasteiger partial charge >= 0.3 is 0 Å². The van der Waals surface area contributed by atoms with Crippen molar-refractivity contribution in [3.05, 3.63) is 77.1 Å². The molecule has 1 aliphatic heterocycles. The highest BCUT2D eigenvalue weighted by Crippen LogP contribution is 2.32. The van der Waals surface area contributed by atoms with Crippen LogP contribution >= 0.6 is 24.8 Å². The van der Waals surface area contributed by atoms with Crippen molar-refractivity contribution in [3.8, 4) is 11.5 Å². The summed E-state index contributed by atoms with van der Waals surface area (Å²) in [7, 11) is 5.30. The van der Waals surface area contributed by atoms with Crippen LogP contribution in [0, 0.1) is 13.8 Å². The molecule has 2 heterocycles. The molecule has 1 aromatic heterocycles. The average molecular weight is 742 g/mol.